The molecule has 1 aromatic heterocycles. The van der Waals surface area contributed by atoms with E-state index in [4.69, 9.17) is 33.9 Å². The first-order valence-corrected chi connectivity index (χ1v) is 10.8. The van der Waals surface area contributed by atoms with E-state index in [2.05, 4.69) is 9.88 Å². The van der Waals surface area contributed by atoms with Gasteiger partial charge in [0.2, 0.25) is 11.9 Å². The molecule has 152 valence electrons. The number of nitrogens with zero attached hydrogens (tertiary/aromatic N) is 2. The number of carbonyl (C=O) groups is 1. The second-order valence-corrected chi connectivity index (χ2v) is 8.49. The van der Waals surface area contributed by atoms with Crippen LogP contribution in [-0.4, -0.2) is 15.5 Å². The molecule has 1 saturated carbocycles. The molecule has 2 aromatic carbocycles. The molecule has 3 N–H and O–H groups in total. The van der Waals surface area contributed by atoms with Crippen molar-refractivity contribution in [3.05, 3.63) is 57.6 Å². The van der Waals surface area contributed by atoms with E-state index in [0.717, 1.165) is 29.1 Å². The average molecular weight is 431 g/mol. The lowest BCUT2D eigenvalue weighted by Crippen LogP contribution is -2.16. The molecule has 1 aliphatic carbocycles. The lowest BCUT2D eigenvalue weighted by atomic mass is 9.89. The lowest BCUT2D eigenvalue weighted by Gasteiger charge is -2.23. The summed E-state index contributed by atoms with van der Waals surface area (Å²) in [5, 5.41) is 4.65. The minimum absolute atomic E-state index is 0.453. The number of benzene rings is 2. The Bertz CT molecular complexity index is 1020. The van der Waals surface area contributed by atoms with Gasteiger partial charge < -0.3 is 15.6 Å². The summed E-state index contributed by atoms with van der Waals surface area (Å²) in [7, 11) is 0. The first-order valence-electron chi connectivity index (χ1n) is 10.00. The van der Waals surface area contributed by atoms with E-state index in [9.17, 15) is 4.79 Å². The van der Waals surface area contributed by atoms with Crippen LogP contribution in [0.15, 0.2) is 36.4 Å². The monoisotopic (exact) mass is 430 g/mol. The number of rotatable bonds is 6. The van der Waals surface area contributed by atoms with Gasteiger partial charge in [0, 0.05) is 34.3 Å². The van der Waals surface area contributed by atoms with Crippen molar-refractivity contribution in [3.8, 4) is 0 Å². The van der Waals surface area contributed by atoms with Gasteiger partial charge in [-0.1, -0.05) is 48.5 Å². The van der Waals surface area contributed by atoms with Crippen LogP contribution in [0.2, 0.25) is 10.0 Å². The minimum Gasteiger partial charge on any atom is -0.366 e. The predicted octanol–water partition coefficient (Wildman–Crippen LogP) is 5.63. The Kier molecular flexibility index (Phi) is 5.97. The molecular weight excluding hydrogens is 407 g/mol. The summed E-state index contributed by atoms with van der Waals surface area (Å²) in [5.74, 6) is 0.927. The summed E-state index contributed by atoms with van der Waals surface area (Å²) < 4.78 is 2.21. The first-order chi connectivity index (χ1) is 14.0. The van der Waals surface area contributed by atoms with Gasteiger partial charge in [-0.25, -0.2) is 4.98 Å². The van der Waals surface area contributed by atoms with Gasteiger partial charge in [-0.05, 0) is 49.1 Å². The van der Waals surface area contributed by atoms with Crippen LogP contribution in [0.4, 0.5) is 5.95 Å². The van der Waals surface area contributed by atoms with E-state index >= 15 is 0 Å². The fourth-order valence-electron chi connectivity index (χ4n) is 4.10. The highest BCUT2D eigenvalue weighted by molar-refractivity contribution is 6.36. The van der Waals surface area contributed by atoms with E-state index in [1.807, 2.05) is 24.3 Å². The van der Waals surface area contributed by atoms with Crippen molar-refractivity contribution in [1.82, 2.24) is 9.55 Å². The molecule has 0 radical (unpaired) electrons. The van der Waals surface area contributed by atoms with E-state index < -0.39 is 5.91 Å². The molecule has 0 aliphatic heterocycles. The molecule has 1 fully saturated rings. The third-order valence-corrected chi connectivity index (χ3v) is 6.39. The van der Waals surface area contributed by atoms with Gasteiger partial charge in [-0.15, -0.1) is 0 Å². The van der Waals surface area contributed by atoms with Crippen molar-refractivity contribution in [2.24, 2.45) is 11.7 Å². The van der Waals surface area contributed by atoms with Gasteiger partial charge in [0.05, 0.1) is 11.0 Å². The van der Waals surface area contributed by atoms with Crippen LogP contribution < -0.4 is 11.1 Å². The molecule has 0 bridgehead atoms. The molecule has 0 spiro atoms. The van der Waals surface area contributed by atoms with Crippen LogP contribution in [0, 0.1) is 5.92 Å². The average Bonchev–Trinajstić information content (AvgIpc) is 3.05. The van der Waals surface area contributed by atoms with Gasteiger partial charge in [0.15, 0.2) is 0 Å². The van der Waals surface area contributed by atoms with Crippen molar-refractivity contribution >= 4 is 46.1 Å². The van der Waals surface area contributed by atoms with Crippen molar-refractivity contribution in [3.63, 3.8) is 0 Å². The Hall–Kier alpha value is -2.24. The standard InChI is InChI=1S/C22H24Cl2N4O/c23-17-7-4-8-18(24)16(17)12-26-22-27-19-11-15(21(25)29)9-10-20(19)28(22)13-14-5-2-1-3-6-14/h4,7-11,14H,1-3,5-6,12-13H2,(H2,25,29)(H,26,27). The second-order valence-electron chi connectivity index (χ2n) is 7.67. The predicted molar refractivity (Wildman–Crippen MR) is 119 cm³/mol. The van der Waals surface area contributed by atoms with Gasteiger partial charge >= 0.3 is 0 Å². The highest BCUT2D eigenvalue weighted by Gasteiger charge is 2.19. The summed E-state index contributed by atoms with van der Waals surface area (Å²) in [6.07, 6.45) is 6.34. The van der Waals surface area contributed by atoms with Gasteiger partial charge in [-0.2, -0.15) is 0 Å². The summed E-state index contributed by atoms with van der Waals surface area (Å²) in [4.78, 5) is 16.3. The number of nitrogens with two attached hydrogens (primary N) is 1. The van der Waals surface area contributed by atoms with Crippen LogP contribution in [0.25, 0.3) is 11.0 Å². The molecule has 4 rings (SSSR count). The Balaban J connectivity index is 1.68. The molecule has 1 heterocycles. The molecule has 0 unspecified atom stereocenters. The molecule has 29 heavy (non-hydrogen) atoms. The molecule has 0 atom stereocenters. The molecule has 1 aliphatic rings. The molecule has 0 saturated heterocycles. The van der Waals surface area contributed by atoms with Crippen LogP contribution in [0.3, 0.4) is 0 Å². The van der Waals surface area contributed by atoms with Crippen LogP contribution in [-0.2, 0) is 13.1 Å². The highest BCUT2D eigenvalue weighted by Crippen LogP contribution is 2.30. The van der Waals surface area contributed by atoms with Crippen molar-refractivity contribution in [2.75, 3.05) is 5.32 Å². The van der Waals surface area contributed by atoms with Crippen LogP contribution in [0.5, 0.6) is 0 Å². The Morgan fingerprint density at radius 2 is 1.86 bits per heavy atom. The number of imidazole rings is 1. The van der Waals surface area contributed by atoms with Crippen LogP contribution >= 0.6 is 23.2 Å². The number of hydrogen-bond acceptors (Lipinski definition) is 3. The van der Waals surface area contributed by atoms with Crippen molar-refractivity contribution in [2.45, 2.75) is 45.2 Å². The molecule has 5 nitrogen and oxygen atoms in total. The highest BCUT2D eigenvalue weighted by atomic mass is 35.5. The molecule has 3 aromatic rings. The number of carbonyl (C=O) groups excluding carboxylic acids is 1. The molecule has 7 heteroatoms. The van der Waals surface area contributed by atoms with Crippen molar-refractivity contribution in [1.29, 1.82) is 0 Å². The number of anilines is 1. The number of amides is 1. The third-order valence-electron chi connectivity index (χ3n) is 5.68. The number of aromatic nitrogens is 2. The van der Waals surface area contributed by atoms with Gasteiger partial charge in [-0.3, -0.25) is 4.79 Å². The van der Waals surface area contributed by atoms with E-state index in [1.165, 1.54) is 32.1 Å². The van der Waals surface area contributed by atoms with E-state index in [-0.39, 0.29) is 0 Å². The maximum absolute atomic E-state index is 11.6. The quantitative estimate of drug-likeness (QED) is 0.531. The number of fused-ring (bicyclic) bond motifs is 1. The number of primary amides is 1. The maximum atomic E-state index is 11.6. The minimum atomic E-state index is -0.453. The summed E-state index contributed by atoms with van der Waals surface area (Å²) in [5.41, 5.74) is 8.49. The second kappa shape index (κ2) is 8.64. The number of hydrogen-bond donors (Lipinski definition) is 2. The zero-order valence-electron chi connectivity index (χ0n) is 16.1. The Morgan fingerprint density at radius 1 is 1.14 bits per heavy atom. The maximum Gasteiger partial charge on any atom is 0.248 e. The van der Waals surface area contributed by atoms with Crippen LogP contribution in [0.1, 0.15) is 48.0 Å². The number of nitrogens with one attached hydrogen (secondary N) is 1. The van der Waals surface area contributed by atoms with Gasteiger partial charge in [0.25, 0.3) is 0 Å². The van der Waals surface area contributed by atoms with E-state index in [1.54, 1.807) is 12.1 Å². The van der Waals surface area contributed by atoms with E-state index in [0.29, 0.717) is 28.1 Å². The lowest BCUT2D eigenvalue weighted by molar-refractivity contribution is 0.100. The normalized spacial score (nSPS) is 15.0. The topological polar surface area (TPSA) is 72.9 Å². The summed E-state index contributed by atoms with van der Waals surface area (Å²) in [6, 6.07) is 10.9. The zero-order chi connectivity index (χ0) is 20.4. The third kappa shape index (κ3) is 4.36. The fraction of sp³-hybridized carbons (Fsp3) is 0.364. The smallest absolute Gasteiger partial charge is 0.248 e. The van der Waals surface area contributed by atoms with Crippen molar-refractivity contribution < 1.29 is 4.79 Å². The zero-order valence-corrected chi connectivity index (χ0v) is 17.6. The largest absolute Gasteiger partial charge is 0.366 e. The number of halogens is 2. The summed E-state index contributed by atoms with van der Waals surface area (Å²) in [6.45, 7) is 1.36. The SMILES string of the molecule is NC(=O)c1ccc2c(c1)nc(NCc1c(Cl)cccc1Cl)n2CC1CCCCC1. The molecule has 1 amide bonds. The summed E-state index contributed by atoms with van der Waals surface area (Å²) >= 11 is 12.6. The fourth-order valence-corrected chi connectivity index (χ4v) is 4.63. The van der Waals surface area contributed by atoms with Gasteiger partial charge in [0.1, 0.15) is 0 Å². The Morgan fingerprint density at radius 3 is 2.55 bits per heavy atom. The first kappa shape index (κ1) is 20.0. The Labute approximate surface area is 180 Å². The molecular formula is C22H24Cl2N4O.